The van der Waals surface area contributed by atoms with Crippen LogP contribution >= 0.6 is 0 Å². The SMILES string of the molecule is C1#CCN2CCN(CC#CCOc3ccc(cc3)OC1)CC2. The van der Waals surface area contributed by atoms with Gasteiger partial charge in [0, 0.05) is 26.2 Å². The highest BCUT2D eigenvalue weighted by molar-refractivity contribution is 5.31. The summed E-state index contributed by atoms with van der Waals surface area (Å²) >= 11 is 0. The molecule has 1 fully saturated rings. The molecule has 0 aliphatic carbocycles. The molecule has 5 aliphatic rings. The van der Waals surface area contributed by atoms with Crippen molar-refractivity contribution in [2.24, 2.45) is 0 Å². The van der Waals surface area contributed by atoms with Gasteiger partial charge in [0.25, 0.3) is 0 Å². The molecule has 114 valence electrons. The molecular formula is C18H20N2O2. The Morgan fingerprint density at radius 2 is 1.05 bits per heavy atom. The number of piperazine rings is 1. The second kappa shape index (κ2) is 7.75. The quantitative estimate of drug-likeness (QED) is 0.669. The largest absolute Gasteiger partial charge is 0.481 e. The minimum absolute atomic E-state index is 0.422. The normalized spacial score (nSPS) is 24.5. The van der Waals surface area contributed by atoms with Gasteiger partial charge in [-0.2, -0.15) is 0 Å². The van der Waals surface area contributed by atoms with Crippen molar-refractivity contribution < 1.29 is 9.47 Å². The Morgan fingerprint density at radius 1 is 0.636 bits per heavy atom. The van der Waals surface area contributed by atoms with E-state index >= 15 is 0 Å². The first-order chi connectivity index (χ1) is 10.9. The molecule has 4 heteroatoms. The predicted octanol–water partition coefficient (Wildman–Crippen LogP) is 1.08. The Balaban J connectivity index is 1.66. The zero-order valence-electron chi connectivity index (χ0n) is 12.7. The van der Waals surface area contributed by atoms with Crippen LogP contribution in [0, 0.1) is 23.7 Å². The number of ether oxygens (including phenoxy) is 2. The summed E-state index contributed by atoms with van der Waals surface area (Å²) in [6, 6.07) is 7.57. The Labute approximate surface area is 132 Å². The molecule has 0 amide bonds. The molecule has 4 nitrogen and oxygen atoms in total. The van der Waals surface area contributed by atoms with E-state index in [2.05, 4.69) is 33.5 Å². The first kappa shape index (κ1) is 14.8. The predicted molar refractivity (Wildman–Crippen MR) is 85.9 cm³/mol. The van der Waals surface area contributed by atoms with Crippen molar-refractivity contribution >= 4 is 0 Å². The van der Waals surface area contributed by atoms with Crippen molar-refractivity contribution in [2.45, 2.75) is 0 Å². The maximum Gasteiger partial charge on any atom is 0.149 e. The highest BCUT2D eigenvalue weighted by atomic mass is 16.5. The number of hydrogen-bond acceptors (Lipinski definition) is 4. The van der Waals surface area contributed by atoms with Gasteiger partial charge in [-0.1, -0.05) is 23.7 Å². The molecule has 0 aromatic heterocycles. The standard InChI is InChI=1S/C18H20N2O2/c1-3-15-21-17-5-7-18(8-6-17)22-16-4-2-10-20-13-11-19(9-1)12-14-20/h5-8H,9-16H2. The first-order valence-corrected chi connectivity index (χ1v) is 7.62. The molecule has 1 aromatic carbocycles. The molecule has 0 unspecified atom stereocenters. The van der Waals surface area contributed by atoms with E-state index in [1.54, 1.807) is 0 Å². The van der Waals surface area contributed by atoms with Gasteiger partial charge in [0.1, 0.15) is 24.7 Å². The summed E-state index contributed by atoms with van der Waals surface area (Å²) in [5, 5.41) is 0. The van der Waals surface area contributed by atoms with E-state index in [-0.39, 0.29) is 0 Å². The van der Waals surface area contributed by atoms with Gasteiger partial charge in [0.05, 0.1) is 13.1 Å². The van der Waals surface area contributed by atoms with Crippen molar-refractivity contribution in [3.8, 4) is 35.2 Å². The zero-order valence-corrected chi connectivity index (χ0v) is 12.7. The van der Waals surface area contributed by atoms with E-state index in [0.717, 1.165) is 50.8 Å². The molecule has 5 aliphatic heterocycles. The van der Waals surface area contributed by atoms with Crippen LogP contribution in [0.4, 0.5) is 0 Å². The van der Waals surface area contributed by atoms with Crippen LogP contribution in [0.3, 0.4) is 0 Å². The van der Waals surface area contributed by atoms with Crippen LogP contribution < -0.4 is 9.47 Å². The molecule has 6 rings (SSSR count). The minimum atomic E-state index is 0.422. The van der Waals surface area contributed by atoms with Gasteiger partial charge >= 0.3 is 0 Å². The molecule has 5 heterocycles. The Hall–Kier alpha value is -2.14. The molecule has 4 bridgehead atoms. The third-order valence-corrected chi connectivity index (χ3v) is 3.77. The topological polar surface area (TPSA) is 24.9 Å². The first-order valence-electron chi connectivity index (χ1n) is 7.62. The molecule has 0 atom stereocenters. The van der Waals surface area contributed by atoms with Crippen LogP contribution in [-0.2, 0) is 0 Å². The van der Waals surface area contributed by atoms with E-state index in [1.807, 2.05) is 24.3 Å². The molecule has 0 saturated carbocycles. The van der Waals surface area contributed by atoms with Crippen molar-refractivity contribution in [1.82, 2.24) is 9.80 Å². The second-order valence-electron chi connectivity index (χ2n) is 5.31. The van der Waals surface area contributed by atoms with E-state index in [0.29, 0.717) is 13.2 Å². The van der Waals surface area contributed by atoms with Crippen molar-refractivity contribution in [1.29, 1.82) is 0 Å². The van der Waals surface area contributed by atoms with Gasteiger partial charge < -0.3 is 9.47 Å². The van der Waals surface area contributed by atoms with Gasteiger partial charge in [0.15, 0.2) is 0 Å². The lowest BCUT2D eigenvalue weighted by Crippen LogP contribution is -2.46. The lowest BCUT2D eigenvalue weighted by atomic mass is 10.3. The Kier molecular flexibility index (Phi) is 5.21. The van der Waals surface area contributed by atoms with Gasteiger partial charge in [-0.15, -0.1) is 0 Å². The fraction of sp³-hybridized carbons (Fsp3) is 0.444. The molecular weight excluding hydrogens is 276 g/mol. The lowest BCUT2D eigenvalue weighted by molar-refractivity contribution is 0.157. The maximum absolute atomic E-state index is 5.60. The average molecular weight is 296 g/mol. The molecule has 1 saturated heterocycles. The van der Waals surface area contributed by atoms with Gasteiger partial charge in [-0.25, -0.2) is 0 Å². The summed E-state index contributed by atoms with van der Waals surface area (Å²) in [6.07, 6.45) is 0. The molecule has 0 spiro atoms. The van der Waals surface area contributed by atoms with Crippen LogP contribution in [0.15, 0.2) is 24.3 Å². The van der Waals surface area contributed by atoms with E-state index in [4.69, 9.17) is 9.47 Å². The highest BCUT2D eigenvalue weighted by Gasteiger charge is 2.14. The zero-order chi connectivity index (χ0) is 15.0. The third-order valence-electron chi connectivity index (χ3n) is 3.77. The fourth-order valence-corrected chi connectivity index (χ4v) is 2.41. The number of benzene rings is 1. The van der Waals surface area contributed by atoms with Crippen LogP contribution in [0.25, 0.3) is 0 Å². The number of hydrogen-bond donors (Lipinski definition) is 0. The van der Waals surface area contributed by atoms with E-state index in [9.17, 15) is 0 Å². The third kappa shape index (κ3) is 4.43. The van der Waals surface area contributed by atoms with Gasteiger partial charge in [-0.3, -0.25) is 9.80 Å². The summed E-state index contributed by atoms with van der Waals surface area (Å²) in [6.45, 7) is 6.68. The van der Waals surface area contributed by atoms with E-state index < -0.39 is 0 Å². The fourth-order valence-electron chi connectivity index (χ4n) is 2.41. The lowest BCUT2D eigenvalue weighted by Gasteiger charge is -2.32. The highest BCUT2D eigenvalue weighted by Crippen LogP contribution is 2.17. The summed E-state index contributed by atoms with van der Waals surface area (Å²) in [5.41, 5.74) is 0. The van der Waals surface area contributed by atoms with E-state index in [1.165, 1.54) is 0 Å². The van der Waals surface area contributed by atoms with Gasteiger partial charge in [-0.05, 0) is 24.3 Å². The van der Waals surface area contributed by atoms with Crippen molar-refractivity contribution in [3.05, 3.63) is 24.3 Å². The Bertz CT molecular complexity index is 541. The van der Waals surface area contributed by atoms with Crippen molar-refractivity contribution in [3.63, 3.8) is 0 Å². The smallest absolute Gasteiger partial charge is 0.149 e. The molecule has 1 aromatic rings. The maximum atomic E-state index is 5.60. The average Bonchev–Trinajstić information content (AvgIpc) is 2.56. The Morgan fingerprint density at radius 3 is 1.45 bits per heavy atom. The van der Waals surface area contributed by atoms with Gasteiger partial charge in [0.2, 0.25) is 0 Å². The minimum Gasteiger partial charge on any atom is -0.481 e. The van der Waals surface area contributed by atoms with Crippen LogP contribution in [0.5, 0.6) is 11.5 Å². The number of nitrogens with zero attached hydrogens (tertiary/aromatic N) is 2. The monoisotopic (exact) mass is 296 g/mol. The summed E-state index contributed by atoms with van der Waals surface area (Å²) < 4.78 is 11.2. The number of rotatable bonds is 0. The molecule has 0 N–H and O–H groups in total. The summed E-state index contributed by atoms with van der Waals surface area (Å²) in [7, 11) is 0. The second-order valence-corrected chi connectivity index (χ2v) is 5.31. The van der Waals surface area contributed by atoms with Crippen LogP contribution in [0.2, 0.25) is 0 Å². The molecule has 0 radical (unpaired) electrons. The summed E-state index contributed by atoms with van der Waals surface area (Å²) in [4.78, 5) is 4.75. The van der Waals surface area contributed by atoms with Crippen LogP contribution in [0.1, 0.15) is 0 Å². The molecule has 22 heavy (non-hydrogen) atoms. The van der Waals surface area contributed by atoms with Crippen molar-refractivity contribution in [2.75, 3.05) is 52.5 Å². The summed E-state index contributed by atoms with van der Waals surface area (Å²) in [5.74, 6) is 14.1. The van der Waals surface area contributed by atoms with Crippen LogP contribution in [-0.4, -0.2) is 62.3 Å².